The standard InChI is InChI=1S/C20H22N4O4/c1-12-7-15(28-22-12)8-14-9-23(10-18(14)25)19(26)11-24-20(27)17-6-4-3-5-16(17)13(2)21-24/h3-7,14,18,25H,8-11H2,1-2H3/t14-,18+/m1/s1. The molecule has 0 spiro atoms. The first-order valence-electron chi connectivity index (χ1n) is 9.27. The Labute approximate surface area is 161 Å². The number of benzene rings is 1. The van der Waals surface area contributed by atoms with Crippen LogP contribution < -0.4 is 5.56 Å². The molecule has 1 aliphatic heterocycles. The van der Waals surface area contributed by atoms with Gasteiger partial charge < -0.3 is 14.5 Å². The van der Waals surface area contributed by atoms with Crippen LogP contribution >= 0.6 is 0 Å². The zero-order chi connectivity index (χ0) is 19.8. The first kappa shape index (κ1) is 18.4. The lowest BCUT2D eigenvalue weighted by Gasteiger charge is -2.17. The number of aliphatic hydroxyl groups excluding tert-OH is 1. The van der Waals surface area contributed by atoms with Gasteiger partial charge in [-0.1, -0.05) is 23.4 Å². The molecule has 0 radical (unpaired) electrons. The molecule has 28 heavy (non-hydrogen) atoms. The Balaban J connectivity index is 1.49. The van der Waals surface area contributed by atoms with E-state index in [1.165, 1.54) is 4.68 Å². The van der Waals surface area contributed by atoms with Crippen molar-refractivity contribution >= 4 is 16.7 Å². The number of hydrogen-bond donors (Lipinski definition) is 1. The fraction of sp³-hybridized carbons (Fsp3) is 0.400. The third-order valence-corrected chi connectivity index (χ3v) is 5.24. The predicted octanol–water partition coefficient (Wildman–Crippen LogP) is 1.06. The van der Waals surface area contributed by atoms with Crippen molar-refractivity contribution in [1.82, 2.24) is 19.8 Å². The van der Waals surface area contributed by atoms with Crippen molar-refractivity contribution in [2.45, 2.75) is 32.9 Å². The molecule has 3 heterocycles. The molecule has 1 aliphatic rings. The van der Waals surface area contributed by atoms with Crippen LogP contribution in [0.5, 0.6) is 0 Å². The molecule has 1 fully saturated rings. The fourth-order valence-electron chi connectivity index (χ4n) is 3.77. The SMILES string of the molecule is Cc1cc(C[C@@H]2CN(C(=O)Cn3nc(C)c4ccccc4c3=O)C[C@@H]2O)on1. The average Bonchev–Trinajstić information content (AvgIpc) is 3.25. The van der Waals surface area contributed by atoms with Crippen molar-refractivity contribution < 1.29 is 14.4 Å². The Morgan fingerprint density at radius 1 is 1.25 bits per heavy atom. The maximum atomic E-state index is 12.7. The van der Waals surface area contributed by atoms with Gasteiger partial charge in [-0.2, -0.15) is 5.10 Å². The summed E-state index contributed by atoms with van der Waals surface area (Å²) in [6, 6.07) is 9.06. The highest BCUT2D eigenvalue weighted by atomic mass is 16.5. The van der Waals surface area contributed by atoms with Gasteiger partial charge in [0.2, 0.25) is 5.91 Å². The zero-order valence-corrected chi connectivity index (χ0v) is 15.8. The fourth-order valence-corrected chi connectivity index (χ4v) is 3.77. The van der Waals surface area contributed by atoms with E-state index in [4.69, 9.17) is 4.52 Å². The maximum Gasteiger partial charge on any atom is 0.275 e. The number of β-amino-alcohol motifs (C(OH)–C–C–N with tert-alkyl or cyclic N) is 1. The van der Waals surface area contributed by atoms with Crippen molar-refractivity contribution in [2.75, 3.05) is 13.1 Å². The molecule has 2 aromatic heterocycles. The van der Waals surface area contributed by atoms with Gasteiger partial charge in [0.25, 0.3) is 5.56 Å². The first-order valence-corrected chi connectivity index (χ1v) is 9.27. The summed E-state index contributed by atoms with van der Waals surface area (Å²) in [4.78, 5) is 27.0. The van der Waals surface area contributed by atoms with Gasteiger partial charge in [-0.3, -0.25) is 9.59 Å². The van der Waals surface area contributed by atoms with Crippen molar-refractivity contribution in [3.05, 3.63) is 57.8 Å². The van der Waals surface area contributed by atoms with Gasteiger partial charge in [0.05, 0.1) is 22.9 Å². The van der Waals surface area contributed by atoms with Crippen molar-refractivity contribution in [1.29, 1.82) is 0 Å². The van der Waals surface area contributed by atoms with Gasteiger partial charge in [0.1, 0.15) is 12.3 Å². The first-order chi connectivity index (χ1) is 13.4. The Morgan fingerprint density at radius 2 is 2.00 bits per heavy atom. The number of hydrogen-bond acceptors (Lipinski definition) is 6. The zero-order valence-electron chi connectivity index (χ0n) is 15.8. The number of fused-ring (bicyclic) bond motifs is 1. The molecule has 0 aliphatic carbocycles. The molecular weight excluding hydrogens is 360 g/mol. The third-order valence-electron chi connectivity index (χ3n) is 5.24. The number of aromatic nitrogens is 3. The molecule has 2 atom stereocenters. The molecule has 1 aromatic carbocycles. The summed E-state index contributed by atoms with van der Waals surface area (Å²) in [5, 5.41) is 19.8. The molecule has 1 N–H and O–H groups in total. The number of nitrogens with zero attached hydrogens (tertiary/aromatic N) is 4. The minimum atomic E-state index is -0.641. The Bertz CT molecular complexity index is 1090. The Kier molecular flexibility index (Phi) is 4.72. The summed E-state index contributed by atoms with van der Waals surface area (Å²) in [5.41, 5.74) is 1.19. The van der Waals surface area contributed by atoms with Crippen molar-refractivity contribution in [2.24, 2.45) is 5.92 Å². The largest absolute Gasteiger partial charge is 0.391 e. The summed E-state index contributed by atoms with van der Waals surface area (Å²) in [6.45, 7) is 4.15. The number of likely N-dealkylation sites (tertiary alicyclic amines) is 1. The van der Waals surface area contributed by atoms with Gasteiger partial charge in [-0.05, 0) is 19.9 Å². The molecule has 1 amide bonds. The number of carbonyl (C=O) groups is 1. The number of rotatable bonds is 4. The molecule has 8 nitrogen and oxygen atoms in total. The summed E-state index contributed by atoms with van der Waals surface area (Å²) < 4.78 is 6.42. The van der Waals surface area contributed by atoms with Crippen molar-refractivity contribution in [3.8, 4) is 0 Å². The second-order valence-electron chi connectivity index (χ2n) is 7.36. The van der Waals surface area contributed by atoms with Crippen LogP contribution in [0.3, 0.4) is 0 Å². The third kappa shape index (κ3) is 3.43. The molecular formula is C20H22N4O4. The van der Waals surface area contributed by atoms with E-state index < -0.39 is 6.10 Å². The lowest BCUT2D eigenvalue weighted by Crippen LogP contribution is -2.37. The monoisotopic (exact) mass is 382 g/mol. The molecule has 4 rings (SSSR count). The van der Waals surface area contributed by atoms with E-state index in [1.54, 1.807) is 17.0 Å². The smallest absolute Gasteiger partial charge is 0.275 e. The van der Waals surface area contributed by atoms with Crippen LogP contribution in [0.1, 0.15) is 17.1 Å². The lowest BCUT2D eigenvalue weighted by molar-refractivity contribution is -0.131. The summed E-state index contributed by atoms with van der Waals surface area (Å²) in [5.74, 6) is 0.331. The molecule has 0 saturated carbocycles. The van der Waals surface area contributed by atoms with Crippen LogP contribution in [0, 0.1) is 19.8 Å². The molecule has 8 heteroatoms. The molecule has 1 saturated heterocycles. The Morgan fingerprint density at radius 3 is 2.71 bits per heavy atom. The van der Waals surface area contributed by atoms with E-state index >= 15 is 0 Å². The van der Waals surface area contributed by atoms with Gasteiger partial charge in [-0.15, -0.1) is 0 Å². The van der Waals surface area contributed by atoms with Crippen molar-refractivity contribution in [3.63, 3.8) is 0 Å². The molecule has 146 valence electrons. The maximum absolute atomic E-state index is 12.7. The summed E-state index contributed by atoms with van der Waals surface area (Å²) in [7, 11) is 0. The van der Waals surface area contributed by atoms with E-state index in [-0.39, 0.29) is 30.5 Å². The van der Waals surface area contributed by atoms with E-state index in [1.807, 2.05) is 32.0 Å². The second-order valence-corrected chi connectivity index (χ2v) is 7.36. The predicted molar refractivity (Wildman–Crippen MR) is 102 cm³/mol. The minimum Gasteiger partial charge on any atom is -0.391 e. The second kappa shape index (κ2) is 7.20. The van der Waals surface area contributed by atoms with Crippen LogP contribution in [-0.2, 0) is 17.8 Å². The molecule has 0 unspecified atom stereocenters. The number of amides is 1. The number of aliphatic hydroxyl groups is 1. The molecule has 0 bridgehead atoms. The highest BCUT2D eigenvalue weighted by molar-refractivity contribution is 5.83. The van der Waals surface area contributed by atoms with Crippen LogP contribution in [-0.4, -0.2) is 50.0 Å². The topological polar surface area (TPSA) is 101 Å². The van der Waals surface area contributed by atoms with Gasteiger partial charge in [0.15, 0.2) is 0 Å². The van der Waals surface area contributed by atoms with E-state index in [0.717, 1.165) is 11.1 Å². The van der Waals surface area contributed by atoms with E-state index in [9.17, 15) is 14.7 Å². The number of carbonyl (C=O) groups excluding carboxylic acids is 1. The molecule has 3 aromatic rings. The van der Waals surface area contributed by atoms with Crippen LogP contribution in [0.4, 0.5) is 0 Å². The van der Waals surface area contributed by atoms with Crippen LogP contribution in [0.25, 0.3) is 10.8 Å². The van der Waals surface area contributed by atoms with Crippen LogP contribution in [0.15, 0.2) is 39.6 Å². The Hall–Kier alpha value is -3.00. The van der Waals surface area contributed by atoms with Crippen LogP contribution in [0.2, 0.25) is 0 Å². The minimum absolute atomic E-state index is 0.126. The summed E-state index contributed by atoms with van der Waals surface area (Å²) >= 11 is 0. The normalized spacial score (nSPS) is 19.5. The lowest BCUT2D eigenvalue weighted by atomic mass is 10.0. The van der Waals surface area contributed by atoms with E-state index in [2.05, 4.69) is 10.3 Å². The van der Waals surface area contributed by atoms with E-state index in [0.29, 0.717) is 29.8 Å². The van der Waals surface area contributed by atoms with Gasteiger partial charge in [0, 0.05) is 36.9 Å². The summed E-state index contributed by atoms with van der Waals surface area (Å²) in [6.07, 6.45) is -0.128. The highest BCUT2D eigenvalue weighted by Gasteiger charge is 2.35. The quantitative estimate of drug-likeness (QED) is 0.724. The number of aryl methyl sites for hydroxylation is 2. The highest BCUT2D eigenvalue weighted by Crippen LogP contribution is 2.22. The van der Waals surface area contributed by atoms with Gasteiger partial charge in [-0.25, -0.2) is 4.68 Å². The van der Waals surface area contributed by atoms with Gasteiger partial charge >= 0.3 is 0 Å². The average molecular weight is 382 g/mol.